The van der Waals surface area contributed by atoms with Crippen molar-refractivity contribution >= 4 is 17.5 Å². The Labute approximate surface area is 123 Å². The zero-order valence-electron chi connectivity index (χ0n) is 11.9. The Kier molecular flexibility index (Phi) is 3.79. The van der Waals surface area contributed by atoms with Crippen LogP contribution in [0.3, 0.4) is 0 Å². The standard InChI is InChI=1S/C15H18N2O4/c1-17-12-6-2-5-11(14(12)21-9-13(17)18)15(19)16-8-10-4-3-7-20-10/h2,5-6,10H,3-4,7-9H2,1H3,(H,16,19). The van der Waals surface area contributed by atoms with E-state index in [4.69, 9.17) is 9.47 Å². The van der Waals surface area contributed by atoms with Crippen LogP contribution in [0.15, 0.2) is 18.2 Å². The molecule has 1 aromatic carbocycles. The first-order valence-corrected chi connectivity index (χ1v) is 7.09. The monoisotopic (exact) mass is 290 g/mol. The van der Waals surface area contributed by atoms with Crippen molar-refractivity contribution in [2.24, 2.45) is 0 Å². The van der Waals surface area contributed by atoms with Gasteiger partial charge in [0.25, 0.3) is 11.8 Å². The summed E-state index contributed by atoms with van der Waals surface area (Å²) in [5, 5.41) is 2.87. The Morgan fingerprint density at radius 2 is 2.33 bits per heavy atom. The molecular weight excluding hydrogens is 272 g/mol. The van der Waals surface area contributed by atoms with Gasteiger partial charge in [0.1, 0.15) is 0 Å². The molecule has 0 radical (unpaired) electrons. The van der Waals surface area contributed by atoms with Gasteiger partial charge in [0.2, 0.25) is 0 Å². The zero-order valence-corrected chi connectivity index (χ0v) is 11.9. The predicted molar refractivity (Wildman–Crippen MR) is 76.7 cm³/mol. The van der Waals surface area contributed by atoms with E-state index in [1.54, 1.807) is 25.2 Å². The van der Waals surface area contributed by atoms with Crippen molar-refractivity contribution in [1.29, 1.82) is 0 Å². The molecule has 6 heteroatoms. The number of likely N-dealkylation sites (N-methyl/N-ethyl adjacent to an activating group) is 1. The average molecular weight is 290 g/mol. The molecule has 1 atom stereocenters. The summed E-state index contributed by atoms with van der Waals surface area (Å²) in [7, 11) is 1.68. The topological polar surface area (TPSA) is 67.9 Å². The summed E-state index contributed by atoms with van der Waals surface area (Å²) in [6.07, 6.45) is 2.11. The van der Waals surface area contributed by atoms with Crippen LogP contribution in [0.4, 0.5) is 5.69 Å². The summed E-state index contributed by atoms with van der Waals surface area (Å²) < 4.78 is 10.9. The molecule has 2 aliphatic rings. The Bertz CT molecular complexity index is 567. The molecule has 112 valence electrons. The third kappa shape index (κ3) is 2.71. The minimum Gasteiger partial charge on any atom is -0.481 e. The second kappa shape index (κ2) is 5.73. The number of rotatable bonds is 3. The largest absolute Gasteiger partial charge is 0.481 e. The number of fused-ring (bicyclic) bond motifs is 1. The Morgan fingerprint density at radius 3 is 3.10 bits per heavy atom. The summed E-state index contributed by atoms with van der Waals surface area (Å²) in [4.78, 5) is 25.4. The van der Waals surface area contributed by atoms with Crippen LogP contribution in [-0.4, -0.2) is 44.7 Å². The van der Waals surface area contributed by atoms with E-state index >= 15 is 0 Å². The smallest absolute Gasteiger partial charge is 0.264 e. The highest BCUT2D eigenvalue weighted by Gasteiger charge is 2.27. The SMILES string of the molecule is CN1C(=O)COc2c(C(=O)NCC3CCCO3)cccc21. The van der Waals surface area contributed by atoms with Crippen molar-refractivity contribution < 1.29 is 19.1 Å². The number of anilines is 1. The molecular formula is C15H18N2O4. The minimum atomic E-state index is -0.204. The lowest BCUT2D eigenvalue weighted by molar-refractivity contribution is -0.121. The highest BCUT2D eigenvalue weighted by molar-refractivity contribution is 6.03. The third-order valence-electron chi connectivity index (χ3n) is 3.83. The quantitative estimate of drug-likeness (QED) is 0.900. The number of nitrogens with zero attached hydrogens (tertiary/aromatic N) is 1. The van der Waals surface area contributed by atoms with Gasteiger partial charge >= 0.3 is 0 Å². The van der Waals surface area contributed by atoms with Gasteiger partial charge in [-0.1, -0.05) is 6.07 Å². The molecule has 0 aromatic heterocycles. The number of carbonyl (C=O) groups excluding carboxylic acids is 2. The molecule has 6 nitrogen and oxygen atoms in total. The highest BCUT2D eigenvalue weighted by atomic mass is 16.5. The first-order chi connectivity index (χ1) is 10.2. The first kappa shape index (κ1) is 13.9. The van der Waals surface area contributed by atoms with Gasteiger partial charge in [0, 0.05) is 20.2 Å². The summed E-state index contributed by atoms with van der Waals surface area (Å²) in [5.41, 5.74) is 1.07. The fourth-order valence-corrected chi connectivity index (χ4v) is 2.59. The molecule has 0 saturated carbocycles. The normalized spacial score (nSPS) is 20.9. The van der Waals surface area contributed by atoms with Gasteiger partial charge in [-0.3, -0.25) is 9.59 Å². The van der Waals surface area contributed by atoms with E-state index in [0.29, 0.717) is 23.5 Å². The second-order valence-electron chi connectivity index (χ2n) is 5.24. The molecule has 3 rings (SSSR count). The van der Waals surface area contributed by atoms with Gasteiger partial charge in [-0.25, -0.2) is 0 Å². The number of nitrogens with one attached hydrogen (secondary N) is 1. The maximum absolute atomic E-state index is 12.3. The molecule has 2 amide bonds. The van der Waals surface area contributed by atoms with Crippen molar-refractivity contribution in [3.05, 3.63) is 23.8 Å². The Hall–Kier alpha value is -2.08. The van der Waals surface area contributed by atoms with Crippen LogP contribution in [-0.2, 0) is 9.53 Å². The summed E-state index contributed by atoms with van der Waals surface area (Å²) in [6, 6.07) is 5.22. The molecule has 1 N–H and O–H groups in total. The summed E-state index contributed by atoms with van der Waals surface area (Å²) >= 11 is 0. The third-order valence-corrected chi connectivity index (χ3v) is 3.83. The van der Waals surface area contributed by atoms with Crippen LogP contribution in [0.25, 0.3) is 0 Å². The van der Waals surface area contributed by atoms with Crippen LogP contribution in [0.1, 0.15) is 23.2 Å². The second-order valence-corrected chi connectivity index (χ2v) is 5.24. The number of hydrogen-bond acceptors (Lipinski definition) is 4. The van der Waals surface area contributed by atoms with Crippen LogP contribution < -0.4 is 15.0 Å². The van der Waals surface area contributed by atoms with E-state index in [0.717, 1.165) is 19.4 Å². The number of para-hydroxylation sites is 1. The highest BCUT2D eigenvalue weighted by Crippen LogP contribution is 2.34. The Balaban J connectivity index is 1.76. The lowest BCUT2D eigenvalue weighted by Crippen LogP contribution is -2.37. The van der Waals surface area contributed by atoms with Crippen LogP contribution >= 0.6 is 0 Å². The maximum Gasteiger partial charge on any atom is 0.264 e. The van der Waals surface area contributed by atoms with Gasteiger partial charge < -0.3 is 19.7 Å². The summed E-state index contributed by atoms with van der Waals surface area (Å²) in [5.74, 6) is 0.133. The number of benzene rings is 1. The molecule has 1 aromatic rings. The van der Waals surface area contributed by atoms with Crippen molar-refractivity contribution in [2.45, 2.75) is 18.9 Å². The van der Waals surface area contributed by atoms with E-state index in [1.165, 1.54) is 4.90 Å². The van der Waals surface area contributed by atoms with Crippen molar-refractivity contribution in [3.8, 4) is 5.75 Å². The van der Waals surface area contributed by atoms with Crippen LogP contribution in [0.5, 0.6) is 5.75 Å². The number of hydrogen-bond donors (Lipinski definition) is 1. The lowest BCUT2D eigenvalue weighted by atomic mass is 10.1. The zero-order chi connectivity index (χ0) is 14.8. The first-order valence-electron chi connectivity index (χ1n) is 7.09. The molecule has 2 heterocycles. The van der Waals surface area contributed by atoms with E-state index in [-0.39, 0.29) is 24.5 Å². The van der Waals surface area contributed by atoms with Gasteiger partial charge in [-0.05, 0) is 25.0 Å². The van der Waals surface area contributed by atoms with E-state index in [9.17, 15) is 9.59 Å². The Morgan fingerprint density at radius 1 is 1.48 bits per heavy atom. The van der Waals surface area contributed by atoms with Gasteiger partial charge in [0.15, 0.2) is 12.4 Å². The van der Waals surface area contributed by atoms with Gasteiger partial charge in [-0.2, -0.15) is 0 Å². The van der Waals surface area contributed by atoms with Crippen molar-refractivity contribution in [1.82, 2.24) is 5.32 Å². The van der Waals surface area contributed by atoms with Crippen LogP contribution in [0.2, 0.25) is 0 Å². The van der Waals surface area contributed by atoms with E-state index in [1.807, 2.05) is 0 Å². The van der Waals surface area contributed by atoms with Crippen molar-refractivity contribution in [2.75, 3.05) is 31.7 Å². The van der Waals surface area contributed by atoms with Gasteiger partial charge in [-0.15, -0.1) is 0 Å². The minimum absolute atomic E-state index is 0.0421. The molecule has 0 aliphatic carbocycles. The van der Waals surface area contributed by atoms with E-state index in [2.05, 4.69) is 5.32 Å². The molecule has 0 spiro atoms. The van der Waals surface area contributed by atoms with Gasteiger partial charge in [0.05, 0.1) is 17.4 Å². The molecule has 1 saturated heterocycles. The molecule has 2 aliphatic heterocycles. The van der Waals surface area contributed by atoms with E-state index < -0.39 is 0 Å². The number of amides is 2. The molecule has 21 heavy (non-hydrogen) atoms. The number of carbonyl (C=O) groups is 2. The van der Waals surface area contributed by atoms with Crippen LogP contribution in [0, 0.1) is 0 Å². The lowest BCUT2D eigenvalue weighted by Gasteiger charge is -2.27. The van der Waals surface area contributed by atoms with Crippen molar-refractivity contribution in [3.63, 3.8) is 0 Å². The summed E-state index contributed by atoms with van der Waals surface area (Å²) in [6.45, 7) is 1.22. The molecule has 1 fully saturated rings. The number of ether oxygens (including phenoxy) is 2. The fourth-order valence-electron chi connectivity index (χ4n) is 2.59. The molecule has 1 unspecified atom stereocenters. The fraction of sp³-hybridized carbons (Fsp3) is 0.467. The average Bonchev–Trinajstić information content (AvgIpc) is 3.01. The predicted octanol–water partition coefficient (Wildman–Crippen LogP) is 0.951. The maximum atomic E-state index is 12.3. The molecule has 0 bridgehead atoms.